The normalized spacial score (nSPS) is 19.5. The van der Waals surface area contributed by atoms with Crippen molar-refractivity contribution in [1.82, 2.24) is 0 Å². The highest BCUT2D eigenvalue weighted by Gasteiger charge is 2.40. The molecule has 0 bridgehead atoms. The Labute approximate surface area is 151 Å². The van der Waals surface area contributed by atoms with Crippen molar-refractivity contribution >= 4 is 34.7 Å². The van der Waals surface area contributed by atoms with Crippen LogP contribution in [0.15, 0.2) is 35.2 Å². The predicted octanol–water partition coefficient (Wildman–Crippen LogP) is 4.18. The van der Waals surface area contributed by atoms with Gasteiger partial charge < -0.3 is 20.7 Å². The Kier molecular flexibility index (Phi) is 3.61. The predicted molar refractivity (Wildman–Crippen MR) is 103 cm³/mol. The number of amides is 1. The van der Waals surface area contributed by atoms with Crippen LogP contribution in [0.4, 0.5) is 17.1 Å². The van der Waals surface area contributed by atoms with Gasteiger partial charge in [-0.05, 0) is 49.9 Å². The van der Waals surface area contributed by atoms with Gasteiger partial charge >= 0.3 is 0 Å². The Morgan fingerprint density at radius 3 is 2.48 bits per heavy atom. The van der Waals surface area contributed by atoms with Crippen LogP contribution in [-0.4, -0.2) is 19.3 Å². The summed E-state index contributed by atoms with van der Waals surface area (Å²) < 4.78 is 5.58. The first-order valence-electron chi connectivity index (χ1n) is 8.19. The number of hydrogen-bond acceptors (Lipinski definition) is 5. The van der Waals surface area contributed by atoms with Gasteiger partial charge in [-0.15, -0.1) is 11.8 Å². The number of carbonyl (C=O) groups excluding carboxylic acids is 1. The fourth-order valence-electron chi connectivity index (χ4n) is 3.42. The van der Waals surface area contributed by atoms with Crippen LogP contribution in [0.1, 0.15) is 31.1 Å². The molecule has 0 saturated carbocycles. The average molecular weight is 355 g/mol. The number of methoxy groups -OCH3 is 1. The first kappa shape index (κ1) is 16.1. The number of anilines is 3. The molecule has 2 heterocycles. The number of carbonyl (C=O) groups is 1. The Morgan fingerprint density at radius 2 is 1.80 bits per heavy atom. The molecule has 25 heavy (non-hydrogen) atoms. The van der Waals surface area contributed by atoms with Crippen molar-refractivity contribution in [2.45, 2.75) is 30.3 Å². The molecule has 0 saturated heterocycles. The van der Waals surface area contributed by atoms with Crippen LogP contribution in [0.2, 0.25) is 0 Å². The van der Waals surface area contributed by atoms with Crippen molar-refractivity contribution in [3.8, 4) is 5.75 Å². The molecule has 2 aromatic carbocycles. The summed E-state index contributed by atoms with van der Waals surface area (Å²) in [5, 5.41) is 9.97. The molecule has 2 aliphatic rings. The molecule has 1 amide bonds. The molecule has 1 unspecified atom stereocenters. The van der Waals surface area contributed by atoms with Gasteiger partial charge in [-0.2, -0.15) is 0 Å². The molecular formula is C19H21N3O2S. The molecule has 5 nitrogen and oxygen atoms in total. The van der Waals surface area contributed by atoms with Crippen LogP contribution in [0.5, 0.6) is 5.75 Å². The summed E-state index contributed by atoms with van der Waals surface area (Å²) in [6.07, 6.45) is 1.98. The van der Waals surface area contributed by atoms with E-state index in [1.807, 2.05) is 26.2 Å². The van der Waals surface area contributed by atoms with Gasteiger partial charge in [0.05, 0.1) is 23.9 Å². The highest BCUT2D eigenvalue weighted by Crippen LogP contribution is 2.46. The van der Waals surface area contributed by atoms with Gasteiger partial charge in [0.2, 0.25) is 5.91 Å². The van der Waals surface area contributed by atoms with E-state index in [2.05, 4.69) is 40.2 Å². The second-order valence-corrected chi connectivity index (χ2v) is 7.73. The van der Waals surface area contributed by atoms with Gasteiger partial charge in [0.25, 0.3) is 0 Å². The fraction of sp³-hybridized carbons (Fsp3) is 0.316. The number of rotatable bonds is 3. The van der Waals surface area contributed by atoms with Crippen LogP contribution >= 0.6 is 11.8 Å². The van der Waals surface area contributed by atoms with E-state index in [-0.39, 0.29) is 12.1 Å². The average Bonchev–Trinajstić information content (AvgIpc) is 3.11. The molecular weight excluding hydrogens is 334 g/mol. The standard InChI is InChI=1S/C19H21N3O2S/c1-19(2)12-8-14-15(9-13(12)22-18(19)23)21-17(20-14)11-6-5-10(25-4)7-16(11)24-3/h5-9,17,20-21H,1-4H3,(H,22,23). The summed E-state index contributed by atoms with van der Waals surface area (Å²) in [6.45, 7) is 3.90. The van der Waals surface area contributed by atoms with E-state index in [9.17, 15) is 4.79 Å². The Bertz CT molecular complexity index is 879. The summed E-state index contributed by atoms with van der Waals surface area (Å²) in [4.78, 5) is 13.3. The van der Waals surface area contributed by atoms with Crippen molar-refractivity contribution in [3.05, 3.63) is 41.5 Å². The molecule has 0 fully saturated rings. The number of hydrogen-bond donors (Lipinski definition) is 3. The van der Waals surface area contributed by atoms with E-state index in [1.165, 1.54) is 4.90 Å². The van der Waals surface area contributed by atoms with Gasteiger partial charge in [-0.1, -0.05) is 6.07 Å². The highest BCUT2D eigenvalue weighted by molar-refractivity contribution is 7.98. The van der Waals surface area contributed by atoms with Crippen molar-refractivity contribution in [2.75, 3.05) is 29.3 Å². The van der Waals surface area contributed by atoms with Crippen LogP contribution in [0.25, 0.3) is 0 Å². The number of thioether (sulfide) groups is 1. The SMILES string of the molecule is COc1cc(SC)ccc1C1Nc2cc3c(cc2N1)C(C)(C)C(=O)N3. The lowest BCUT2D eigenvalue weighted by Gasteiger charge is -2.17. The van der Waals surface area contributed by atoms with E-state index < -0.39 is 5.41 Å². The third-order valence-corrected chi connectivity index (χ3v) is 5.72. The Morgan fingerprint density at radius 1 is 1.08 bits per heavy atom. The van der Waals surface area contributed by atoms with E-state index >= 15 is 0 Å². The molecule has 3 N–H and O–H groups in total. The summed E-state index contributed by atoms with van der Waals surface area (Å²) in [7, 11) is 1.69. The number of ether oxygens (including phenoxy) is 1. The highest BCUT2D eigenvalue weighted by atomic mass is 32.2. The molecule has 4 rings (SSSR count). The van der Waals surface area contributed by atoms with Gasteiger partial charge in [0.15, 0.2) is 0 Å². The van der Waals surface area contributed by atoms with Gasteiger partial charge in [-0.25, -0.2) is 0 Å². The first-order chi connectivity index (χ1) is 11.9. The summed E-state index contributed by atoms with van der Waals surface area (Å²) >= 11 is 1.69. The smallest absolute Gasteiger partial charge is 0.234 e. The van der Waals surface area contributed by atoms with Crippen molar-refractivity contribution in [2.24, 2.45) is 0 Å². The maximum atomic E-state index is 12.1. The number of fused-ring (bicyclic) bond motifs is 2. The molecule has 1 atom stereocenters. The van der Waals surface area contributed by atoms with Crippen molar-refractivity contribution < 1.29 is 9.53 Å². The van der Waals surface area contributed by atoms with Crippen LogP contribution in [0.3, 0.4) is 0 Å². The minimum atomic E-state index is -0.512. The third-order valence-electron chi connectivity index (χ3n) is 5.00. The second kappa shape index (κ2) is 5.59. The van der Waals surface area contributed by atoms with Crippen LogP contribution in [0, 0.1) is 0 Å². The minimum Gasteiger partial charge on any atom is -0.496 e. The molecule has 0 radical (unpaired) electrons. The van der Waals surface area contributed by atoms with E-state index in [0.717, 1.165) is 33.9 Å². The summed E-state index contributed by atoms with van der Waals surface area (Å²) in [6, 6.07) is 10.3. The molecule has 6 heteroatoms. The molecule has 2 aliphatic heterocycles. The lowest BCUT2D eigenvalue weighted by atomic mass is 9.86. The zero-order chi connectivity index (χ0) is 17.8. The van der Waals surface area contributed by atoms with E-state index in [1.54, 1.807) is 18.9 Å². The largest absolute Gasteiger partial charge is 0.496 e. The molecule has 2 aromatic rings. The quantitative estimate of drug-likeness (QED) is 0.721. The lowest BCUT2D eigenvalue weighted by molar-refractivity contribution is -0.119. The molecule has 0 aliphatic carbocycles. The van der Waals surface area contributed by atoms with Crippen LogP contribution in [-0.2, 0) is 10.2 Å². The number of nitrogens with one attached hydrogen (secondary N) is 3. The third kappa shape index (κ3) is 2.43. The lowest BCUT2D eigenvalue weighted by Crippen LogP contribution is -2.26. The monoisotopic (exact) mass is 355 g/mol. The van der Waals surface area contributed by atoms with Crippen molar-refractivity contribution in [1.29, 1.82) is 0 Å². The van der Waals surface area contributed by atoms with E-state index in [0.29, 0.717) is 0 Å². The van der Waals surface area contributed by atoms with Gasteiger partial charge in [-0.3, -0.25) is 4.79 Å². The number of benzene rings is 2. The zero-order valence-electron chi connectivity index (χ0n) is 14.7. The Balaban J connectivity index is 1.68. The zero-order valence-corrected chi connectivity index (χ0v) is 15.5. The van der Waals surface area contributed by atoms with E-state index in [4.69, 9.17) is 4.74 Å². The van der Waals surface area contributed by atoms with Gasteiger partial charge in [0.1, 0.15) is 11.9 Å². The fourth-order valence-corrected chi connectivity index (χ4v) is 3.85. The first-order valence-corrected chi connectivity index (χ1v) is 9.41. The van der Waals surface area contributed by atoms with Crippen molar-refractivity contribution in [3.63, 3.8) is 0 Å². The maximum absolute atomic E-state index is 12.1. The molecule has 130 valence electrons. The maximum Gasteiger partial charge on any atom is 0.234 e. The summed E-state index contributed by atoms with van der Waals surface area (Å²) in [5.74, 6) is 0.892. The second-order valence-electron chi connectivity index (χ2n) is 6.85. The Hall–Kier alpha value is -2.34. The molecule has 0 aromatic heterocycles. The minimum absolute atomic E-state index is 0.0389. The molecule has 0 spiro atoms. The van der Waals surface area contributed by atoms with Gasteiger partial charge in [0, 0.05) is 16.1 Å². The van der Waals surface area contributed by atoms with Crippen LogP contribution < -0.4 is 20.7 Å². The summed E-state index contributed by atoms with van der Waals surface area (Å²) in [5.41, 5.74) is 4.44. The topological polar surface area (TPSA) is 62.4 Å².